The summed E-state index contributed by atoms with van der Waals surface area (Å²) in [4.78, 5) is 36.0. The first-order chi connectivity index (χ1) is 7.07. The second-order valence-corrected chi connectivity index (χ2v) is 7.45. The molecule has 0 aromatic carbocycles. The molecule has 9 heteroatoms. The molecule has 1 atom stereocenters. The first kappa shape index (κ1) is 13.8. The van der Waals surface area contributed by atoms with Crippen molar-refractivity contribution in [2.24, 2.45) is 5.73 Å². The molecular formula is C7H13NO6P2. The molecule has 6 N–H and O–H groups in total. The monoisotopic (exact) mass is 269 g/mol. The molecule has 0 amide bonds. The Hall–Kier alpha value is -0.260. The maximum absolute atomic E-state index is 11.1. The minimum atomic E-state index is -5.00. The van der Waals surface area contributed by atoms with E-state index in [1.807, 2.05) is 0 Å². The van der Waals surface area contributed by atoms with E-state index in [-0.39, 0.29) is 6.42 Å². The molecule has 16 heavy (non-hydrogen) atoms. The Kier molecular flexibility index (Phi) is 3.62. The number of nitrogens with two attached hydrogens (primary N) is 1. The Balaban J connectivity index is 3.23. The Bertz CT molecular complexity index is 399. The molecule has 1 unspecified atom stereocenters. The fourth-order valence-electron chi connectivity index (χ4n) is 1.67. The Labute approximate surface area is 92.0 Å². The minimum absolute atomic E-state index is 0.0373. The smallest absolute Gasteiger partial charge is 0.324 e. The highest BCUT2D eigenvalue weighted by Crippen LogP contribution is 2.64. The van der Waals surface area contributed by atoms with Gasteiger partial charge in [-0.3, -0.25) is 9.13 Å². The van der Waals surface area contributed by atoms with Gasteiger partial charge in [0.05, 0.1) is 5.54 Å². The van der Waals surface area contributed by atoms with Gasteiger partial charge in [-0.2, -0.15) is 0 Å². The maximum Gasteiger partial charge on any atom is 0.342 e. The van der Waals surface area contributed by atoms with E-state index in [0.29, 0.717) is 0 Å². The Morgan fingerprint density at radius 3 is 1.94 bits per heavy atom. The Morgan fingerprint density at radius 2 is 1.62 bits per heavy atom. The Morgan fingerprint density at radius 1 is 1.12 bits per heavy atom. The summed E-state index contributed by atoms with van der Waals surface area (Å²) in [5.41, 5.74) is 3.92. The highest BCUT2D eigenvalue weighted by atomic mass is 31.2. The molecular weight excluding hydrogens is 256 g/mol. The van der Waals surface area contributed by atoms with Crippen molar-refractivity contribution < 1.29 is 28.7 Å². The van der Waals surface area contributed by atoms with Gasteiger partial charge in [-0.05, 0) is 6.42 Å². The zero-order valence-electron chi connectivity index (χ0n) is 8.17. The van der Waals surface area contributed by atoms with E-state index in [2.05, 4.69) is 0 Å². The SMILES string of the molecule is NC1(C(P(=O)(O)O)P(=O)(O)O)C=CC=CC1. The molecule has 1 aliphatic rings. The second-order valence-electron chi connectivity index (χ2n) is 3.66. The summed E-state index contributed by atoms with van der Waals surface area (Å²) in [6, 6.07) is 0. The number of hydrogen-bond donors (Lipinski definition) is 5. The molecule has 0 bridgehead atoms. The summed E-state index contributed by atoms with van der Waals surface area (Å²) in [6.45, 7) is 0. The van der Waals surface area contributed by atoms with Crippen LogP contribution in [0.2, 0.25) is 0 Å². The van der Waals surface area contributed by atoms with Gasteiger partial charge >= 0.3 is 15.2 Å². The van der Waals surface area contributed by atoms with E-state index in [0.717, 1.165) is 0 Å². The molecule has 0 radical (unpaired) electrons. The zero-order chi connectivity index (χ0) is 12.6. The average Bonchev–Trinajstić information content (AvgIpc) is 1.97. The van der Waals surface area contributed by atoms with Gasteiger partial charge in [-0.1, -0.05) is 24.3 Å². The molecule has 7 nitrogen and oxygen atoms in total. The molecule has 0 aromatic rings. The lowest BCUT2D eigenvalue weighted by Crippen LogP contribution is -2.48. The largest absolute Gasteiger partial charge is 0.342 e. The van der Waals surface area contributed by atoms with Crippen molar-refractivity contribution in [3.63, 3.8) is 0 Å². The van der Waals surface area contributed by atoms with E-state index in [4.69, 9.17) is 25.3 Å². The van der Waals surface area contributed by atoms with Gasteiger partial charge < -0.3 is 25.3 Å². The molecule has 0 spiro atoms. The normalized spacial score (nSPS) is 26.4. The molecule has 0 heterocycles. The van der Waals surface area contributed by atoms with Crippen molar-refractivity contribution in [2.75, 3.05) is 0 Å². The molecule has 92 valence electrons. The van der Waals surface area contributed by atoms with Crippen LogP contribution in [-0.2, 0) is 9.13 Å². The summed E-state index contributed by atoms with van der Waals surface area (Å²) >= 11 is 0. The fraction of sp³-hybridized carbons (Fsp3) is 0.429. The van der Waals surface area contributed by atoms with Crippen molar-refractivity contribution in [1.82, 2.24) is 0 Å². The summed E-state index contributed by atoms with van der Waals surface area (Å²) < 4.78 is 22.3. The van der Waals surface area contributed by atoms with Crippen LogP contribution in [0.4, 0.5) is 0 Å². The topological polar surface area (TPSA) is 141 Å². The summed E-state index contributed by atoms with van der Waals surface area (Å²) in [7, 11) is -10.0. The van der Waals surface area contributed by atoms with Crippen LogP contribution in [0.15, 0.2) is 24.3 Å². The predicted molar refractivity (Wildman–Crippen MR) is 57.7 cm³/mol. The lowest BCUT2D eigenvalue weighted by atomic mass is 9.94. The van der Waals surface area contributed by atoms with Crippen LogP contribution < -0.4 is 5.73 Å². The highest BCUT2D eigenvalue weighted by molar-refractivity contribution is 7.71. The van der Waals surface area contributed by atoms with Gasteiger partial charge in [0, 0.05) is 0 Å². The highest BCUT2D eigenvalue weighted by Gasteiger charge is 2.54. The van der Waals surface area contributed by atoms with Crippen LogP contribution in [0.3, 0.4) is 0 Å². The summed E-state index contributed by atoms with van der Waals surface area (Å²) in [5.74, 6) is 0. The third-order valence-electron chi connectivity index (χ3n) is 2.24. The van der Waals surface area contributed by atoms with Gasteiger partial charge in [0.2, 0.25) is 0 Å². The zero-order valence-corrected chi connectivity index (χ0v) is 9.96. The van der Waals surface area contributed by atoms with Gasteiger partial charge in [0.15, 0.2) is 5.40 Å². The molecule has 0 aromatic heterocycles. The maximum atomic E-state index is 11.1. The van der Waals surface area contributed by atoms with Crippen molar-refractivity contribution in [3.8, 4) is 0 Å². The third-order valence-corrected chi connectivity index (χ3v) is 6.28. The van der Waals surface area contributed by atoms with Crippen LogP contribution in [-0.4, -0.2) is 30.5 Å². The van der Waals surface area contributed by atoms with Crippen LogP contribution in [0.1, 0.15) is 6.42 Å². The van der Waals surface area contributed by atoms with Crippen molar-refractivity contribution >= 4 is 15.2 Å². The lowest BCUT2D eigenvalue weighted by Gasteiger charge is -2.35. The van der Waals surface area contributed by atoms with Gasteiger partial charge in [0.25, 0.3) is 0 Å². The van der Waals surface area contributed by atoms with Crippen LogP contribution >= 0.6 is 15.2 Å². The van der Waals surface area contributed by atoms with Crippen LogP contribution in [0.25, 0.3) is 0 Å². The third kappa shape index (κ3) is 2.90. The van der Waals surface area contributed by atoms with Crippen molar-refractivity contribution in [1.29, 1.82) is 0 Å². The molecule has 0 fully saturated rings. The van der Waals surface area contributed by atoms with Gasteiger partial charge in [-0.15, -0.1) is 0 Å². The van der Waals surface area contributed by atoms with E-state index >= 15 is 0 Å². The predicted octanol–water partition coefficient (Wildman–Crippen LogP) is -0.119. The standard InChI is InChI=1S/C7H13NO6P2/c8-7(4-2-1-3-5-7)6(15(9,10)11)16(12,13)14/h1-4,6H,5,8H2,(H2,9,10,11)(H2,12,13,14). The van der Waals surface area contributed by atoms with Gasteiger partial charge in [-0.25, -0.2) is 0 Å². The van der Waals surface area contributed by atoms with Crippen LogP contribution in [0, 0.1) is 0 Å². The van der Waals surface area contributed by atoms with Crippen molar-refractivity contribution in [2.45, 2.75) is 17.4 Å². The molecule has 1 aliphatic carbocycles. The summed E-state index contributed by atoms with van der Waals surface area (Å²) in [6.07, 6.45) is 5.65. The lowest BCUT2D eigenvalue weighted by molar-refractivity contribution is 0.316. The van der Waals surface area contributed by atoms with E-state index < -0.39 is 26.1 Å². The quantitative estimate of drug-likeness (QED) is 0.450. The first-order valence-corrected chi connectivity index (χ1v) is 7.67. The minimum Gasteiger partial charge on any atom is -0.324 e. The fourth-order valence-corrected chi connectivity index (χ4v) is 4.87. The summed E-state index contributed by atoms with van der Waals surface area (Å²) in [5, 5.41) is -2.21. The molecule has 0 saturated carbocycles. The van der Waals surface area contributed by atoms with Gasteiger partial charge in [0.1, 0.15) is 0 Å². The van der Waals surface area contributed by atoms with Crippen molar-refractivity contribution in [3.05, 3.63) is 24.3 Å². The van der Waals surface area contributed by atoms with E-state index in [1.54, 1.807) is 6.08 Å². The average molecular weight is 269 g/mol. The first-order valence-electron chi connectivity index (χ1n) is 4.31. The van der Waals surface area contributed by atoms with E-state index in [1.165, 1.54) is 18.2 Å². The molecule has 1 rings (SSSR count). The number of hydrogen-bond acceptors (Lipinski definition) is 3. The van der Waals surface area contributed by atoms with E-state index in [9.17, 15) is 9.13 Å². The second kappa shape index (κ2) is 4.20. The number of rotatable bonds is 3. The number of allylic oxidation sites excluding steroid dienone is 2. The molecule has 0 aliphatic heterocycles. The molecule has 0 saturated heterocycles. The van der Waals surface area contributed by atoms with Crippen LogP contribution in [0.5, 0.6) is 0 Å².